The van der Waals surface area contributed by atoms with Crippen LogP contribution in [-0.4, -0.2) is 28.6 Å². The molecule has 7 nitrogen and oxygen atoms in total. The Morgan fingerprint density at radius 3 is 2.51 bits per heavy atom. The Balaban J connectivity index is 1.66. The summed E-state index contributed by atoms with van der Waals surface area (Å²) >= 11 is 0. The van der Waals surface area contributed by atoms with Crippen LogP contribution in [-0.2, 0) is 9.59 Å². The van der Waals surface area contributed by atoms with E-state index in [4.69, 9.17) is 9.26 Å². The third kappa shape index (κ3) is 3.97. The third-order valence-corrected chi connectivity index (χ3v) is 5.89. The van der Waals surface area contributed by atoms with Crippen LogP contribution in [0.5, 0.6) is 5.75 Å². The molecular formula is C28H22N2O5. The third-order valence-electron chi connectivity index (χ3n) is 5.89. The van der Waals surface area contributed by atoms with Crippen LogP contribution in [0.25, 0.3) is 16.5 Å². The molecular weight excluding hydrogens is 444 g/mol. The fourth-order valence-electron chi connectivity index (χ4n) is 4.24. The number of aryl methyl sites for hydroxylation is 1. The number of benzene rings is 3. The van der Waals surface area contributed by atoms with Crippen LogP contribution >= 0.6 is 0 Å². The predicted molar refractivity (Wildman–Crippen MR) is 132 cm³/mol. The molecule has 0 aliphatic carbocycles. The molecule has 1 fully saturated rings. The lowest BCUT2D eigenvalue weighted by Crippen LogP contribution is -2.29. The number of hydrogen-bond acceptors (Lipinski definition) is 6. The number of carbonyl (C=O) groups excluding carboxylic acids is 2. The Labute approximate surface area is 201 Å². The quantitative estimate of drug-likeness (QED) is 0.179. The number of aliphatic hydroxyl groups excluding tert-OH is 1. The molecule has 1 aliphatic heterocycles. The molecule has 1 N–H and O–H groups in total. The number of hydrogen-bond donors (Lipinski definition) is 1. The van der Waals surface area contributed by atoms with E-state index in [9.17, 15) is 14.7 Å². The normalized spacial score (nSPS) is 17.2. The van der Waals surface area contributed by atoms with Gasteiger partial charge in [-0.1, -0.05) is 66.3 Å². The fourth-order valence-corrected chi connectivity index (χ4v) is 4.24. The monoisotopic (exact) mass is 466 g/mol. The highest BCUT2D eigenvalue weighted by Gasteiger charge is 2.48. The number of nitrogens with zero attached hydrogens (tertiary/aromatic N) is 2. The topological polar surface area (TPSA) is 92.9 Å². The predicted octanol–water partition coefficient (Wildman–Crippen LogP) is 5.33. The number of aliphatic hydroxyl groups is 1. The van der Waals surface area contributed by atoms with Gasteiger partial charge in [0.25, 0.3) is 5.78 Å². The van der Waals surface area contributed by atoms with Crippen molar-refractivity contribution >= 4 is 34.0 Å². The lowest BCUT2D eigenvalue weighted by molar-refractivity contribution is -0.132. The van der Waals surface area contributed by atoms with Gasteiger partial charge in [-0.2, -0.15) is 0 Å². The van der Waals surface area contributed by atoms with Crippen LogP contribution in [0, 0.1) is 6.92 Å². The van der Waals surface area contributed by atoms with E-state index < -0.39 is 17.7 Å². The summed E-state index contributed by atoms with van der Waals surface area (Å²) in [6, 6.07) is 20.7. The van der Waals surface area contributed by atoms with E-state index in [0.717, 1.165) is 10.8 Å². The van der Waals surface area contributed by atoms with Gasteiger partial charge in [0.05, 0.1) is 11.6 Å². The Morgan fingerprint density at radius 1 is 1.09 bits per heavy atom. The van der Waals surface area contributed by atoms with Gasteiger partial charge >= 0.3 is 5.91 Å². The molecule has 0 saturated carbocycles. The van der Waals surface area contributed by atoms with Crippen molar-refractivity contribution in [2.45, 2.75) is 13.0 Å². The maximum atomic E-state index is 13.3. The standard InChI is InChI=1S/C28H22N2O5/c1-3-14-34-22-12-10-19(11-13-22)25-24(27(32)28(33)30(25)23-15-17(2)35-29-23)26(31)21-9-8-18-6-4-5-7-20(18)16-21/h3-13,15-16,25,31H,1,14H2,2H3/t25-/m0/s1. The molecule has 5 rings (SSSR count). The summed E-state index contributed by atoms with van der Waals surface area (Å²) in [6.07, 6.45) is 1.64. The number of carbonyl (C=O) groups is 2. The molecule has 3 aromatic carbocycles. The summed E-state index contributed by atoms with van der Waals surface area (Å²) in [6.45, 7) is 5.68. The van der Waals surface area contributed by atoms with Gasteiger partial charge in [-0.15, -0.1) is 0 Å². The van der Waals surface area contributed by atoms with E-state index in [1.165, 1.54) is 4.90 Å². The second-order valence-corrected chi connectivity index (χ2v) is 8.20. The van der Waals surface area contributed by atoms with Crippen LogP contribution < -0.4 is 9.64 Å². The summed E-state index contributed by atoms with van der Waals surface area (Å²) in [5.74, 6) is -0.556. The molecule has 4 aromatic rings. The number of fused-ring (bicyclic) bond motifs is 1. The maximum absolute atomic E-state index is 13.3. The van der Waals surface area contributed by atoms with E-state index in [1.807, 2.05) is 30.3 Å². The Morgan fingerprint density at radius 2 is 1.83 bits per heavy atom. The highest BCUT2D eigenvalue weighted by atomic mass is 16.5. The highest BCUT2D eigenvalue weighted by molar-refractivity contribution is 6.51. The Hall–Kier alpha value is -4.65. The minimum Gasteiger partial charge on any atom is -0.507 e. The molecule has 1 atom stereocenters. The number of ketones is 1. The largest absolute Gasteiger partial charge is 0.507 e. The number of amides is 1. The Bertz CT molecular complexity index is 1480. The average Bonchev–Trinajstić information content (AvgIpc) is 3.42. The first-order valence-electron chi connectivity index (χ1n) is 11.0. The number of rotatable bonds is 6. The molecule has 0 bridgehead atoms. The van der Waals surface area contributed by atoms with Gasteiger partial charge in [0.2, 0.25) is 0 Å². The van der Waals surface area contributed by atoms with Crippen LogP contribution in [0.3, 0.4) is 0 Å². The van der Waals surface area contributed by atoms with Gasteiger partial charge in [0, 0.05) is 11.6 Å². The second-order valence-electron chi connectivity index (χ2n) is 8.20. The van der Waals surface area contributed by atoms with Crippen LogP contribution in [0.1, 0.15) is 22.9 Å². The molecule has 2 heterocycles. The van der Waals surface area contributed by atoms with Crippen molar-refractivity contribution in [1.82, 2.24) is 5.16 Å². The fraction of sp³-hybridized carbons (Fsp3) is 0.107. The second kappa shape index (κ2) is 8.95. The molecule has 0 unspecified atom stereocenters. The summed E-state index contributed by atoms with van der Waals surface area (Å²) in [7, 11) is 0. The van der Waals surface area contributed by atoms with Crippen molar-refractivity contribution in [1.29, 1.82) is 0 Å². The van der Waals surface area contributed by atoms with Crippen LogP contribution in [0.15, 0.2) is 95.5 Å². The summed E-state index contributed by atoms with van der Waals surface area (Å²) < 4.78 is 10.7. The van der Waals surface area contributed by atoms with Gasteiger partial charge in [0.15, 0.2) is 5.82 Å². The lowest BCUT2D eigenvalue weighted by atomic mass is 9.94. The van der Waals surface area contributed by atoms with Crippen LogP contribution in [0.4, 0.5) is 5.82 Å². The van der Waals surface area contributed by atoms with Gasteiger partial charge in [-0.3, -0.25) is 14.5 Å². The van der Waals surface area contributed by atoms with Crippen molar-refractivity contribution in [3.05, 3.63) is 108 Å². The molecule has 1 amide bonds. The van der Waals surface area contributed by atoms with E-state index in [2.05, 4.69) is 11.7 Å². The number of ether oxygens (including phenoxy) is 1. The molecule has 0 radical (unpaired) electrons. The van der Waals surface area contributed by atoms with Crippen LogP contribution in [0.2, 0.25) is 0 Å². The average molecular weight is 466 g/mol. The molecule has 1 aliphatic rings. The first-order valence-corrected chi connectivity index (χ1v) is 11.0. The van der Waals surface area contributed by atoms with Crippen molar-refractivity contribution in [2.24, 2.45) is 0 Å². The number of aromatic nitrogens is 1. The summed E-state index contributed by atoms with van der Waals surface area (Å²) in [5, 5.41) is 17.2. The van der Waals surface area contributed by atoms with Gasteiger partial charge in [0.1, 0.15) is 23.9 Å². The maximum Gasteiger partial charge on any atom is 0.301 e. The van der Waals surface area contributed by atoms with Gasteiger partial charge < -0.3 is 14.4 Å². The Kier molecular flexibility index (Phi) is 5.66. The molecule has 0 spiro atoms. The molecule has 1 aromatic heterocycles. The molecule has 35 heavy (non-hydrogen) atoms. The SMILES string of the molecule is C=CCOc1ccc([C@H]2C(=C(O)c3ccc4ccccc4c3)C(=O)C(=O)N2c2cc(C)on2)cc1. The van der Waals surface area contributed by atoms with E-state index in [-0.39, 0.29) is 17.2 Å². The van der Waals surface area contributed by atoms with E-state index in [0.29, 0.717) is 29.2 Å². The zero-order valence-corrected chi connectivity index (χ0v) is 19.0. The van der Waals surface area contributed by atoms with Crippen molar-refractivity contribution < 1.29 is 24.0 Å². The summed E-state index contributed by atoms with van der Waals surface area (Å²) in [4.78, 5) is 27.7. The number of anilines is 1. The molecule has 174 valence electrons. The van der Waals surface area contributed by atoms with Crippen molar-refractivity contribution in [3.63, 3.8) is 0 Å². The minimum atomic E-state index is -0.903. The number of Topliss-reactive ketones (excluding diaryl/α,β-unsaturated/α-hetero) is 1. The summed E-state index contributed by atoms with van der Waals surface area (Å²) in [5.41, 5.74) is 1.03. The van der Waals surface area contributed by atoms with Crippen molar-refractivity contribution in [2.75, 3.05) is 11.5 Å². The van der Waals surface area contributed by atoms with Crippen molar-refractivity contribution in [3.8, 4) is 5.75 Å². The first-order chi connectivity index (χ1) is 17.0. The smallest absolute Gasteiger partial charge is 0.301 e. The zero-order chi connectivity index (χ0) is 24.5. The van der Waals surface area contributed by atoms with Gasteiger partial charge in [-0.05, 0) is 41.5 Å². The lowest BCUT2D eigenvalue weighted by Gasteiger charge is -2.23. The molecule has 7 heteroatoms. The molecule has 1 saturated heterocycles. The van der Waals surface area contributed by atoms with E-state index >= 15 is 0 Å². The highest BCUT2D eigenvalue weighted by Crippen LogP contribution is 2.42. The minimum absolute atomic E-state index is 0.0225. The zero-order valence-electron chi connectivity index (χ0n) is 19.0. The van der Waals surface area contributed by atoms with Gasteiger partial charge in [-0.25, -0.2) is 0 Å². The van der Waals surface area contributed by atoms with E-state index in [1.54, 1.807) is 55.5 Å². The first kappa shape index (κ1) is 22.2.